The molecule has 0 fully saturated rings. The molecule has 0 aliphatic rings. The first-order valence-electron chi connectivity index (χ1n) is 3.36. The Morgan fingerprint density at radius 2 is 2.00 bits per heavy atom. The molecule has 7 heteroatoms. The van der Waals surface area contributed by atoms with E-state index in [4.69, 9.17) is 22.3 Å². The van der Waals surface area contributed by atoms with E-state index in [1.54, 1.807) is 0 Å². The van der Waals surface area contributed by atoms with Gasteiger partial charge in [-0.2, -0.15) is 0 Å². The van der Waals surface area contributed by atoms with Gasteiger partial charge >= 0.3 is 0 Å². The number of rotatable bonds is 2. The molecule has 0 unspecified atom stereocenters. The second-order valence-electron chi connectivity index (χ2n) is 2.50. The Morgan fingerprint density at radius 3 is 2.50 bits per heavy atom. The molecule has 0 bridgehead atoms. The number of hydrogen-bond donors (Lipinski definition) is 0. The molecule has 0 aliphatic carbocycles. The van der Waals surface area contributed by atoms with Gasteiger partial charge in [-0.05, 0) is 28.1 Å². The van der Waals surface area contributed by atoms with Gasteiger partial charge in [0.25, 0.3) is 0 Å². The summed E-state index contributed by atoms with van der Waals surface area (Å²) in [6, 6.07) is 2.41. The Balaban J connectivity index is 3.27. The van der Waals surface area contributed by atoms with Crippen LogP contribution in [0.4, 0.5) is 4.39 Å². The summed E-state index contributed by atoms with van der Waals surface area (Å²) in [7, 11) is 1.21. The molecule has 0 aromatic heterocycles. The summed E-state index contributed by atoms with van der Waals surface area (Å²) in [5.74, 6) is -1.26. The second kappa shape index (κ2) is 4.35. The molecule has 0 aliphatic heterocycles. The van der Waals surface area contributed by atoms with Gasteiger partial charge in [0.05, 0.1) is 10.8 Å². The molecule has 0 atom stereocenters. The van der Waals surface area contributed by atoms with Crippen molar-refractivity contribution in [1.82, 2.24) is 0 Å². The molecule has 0 heterocycles. The van der Waals surface area contributed by atoms with E-state index in [1.807, 2.05) is 0 Å². The largest absolute Gasteiger partial charge is 0.236 e. The Hall–Kier alpha value is 0.160. The lowest BCUT2D eigenvalue weighted by molar-refractivity contribution is 0.596. The first kappa shape index (κ1) is 12.2. The molecule has 0 saturated carbocycles. The van der Waals surface area contributed by atoms with E-state index in [0.717, 1.165) is 6.07 Å². The van der Waals surface area contributed by atoms with E-state index in [2.05, 4.69) is 15.9 Å². The number of hydrogen-bond acceptors (Lipinski definition) is 2. The summed E-state index contributed by atoms with van der Waals surface area (Å²) in [4.78, 5) is 0. The van der Waals surface area contributed by atoms with Crippen LogP contribution in [0, 0.1) is 5.82 Å². The lowest BCUT2D eigenvalue weighted by Crippen LogP contribution is -1.99. The highest BCUT2D eigenvalue weighted by molar-refractivity contribution is 9.10. The average molecular weight is 322 g/mol. The van der Waals surface area contributed by atoms with Crippen molar-refractivity contribution >= 4 is 47.3 Å². The van der Waals surface area contributed by atoms with Crippen LogP contribution in [0.2, 0.25) is 5.02 Å². The standard InChI is InChI=1S/C7H4BrCl2FO2S/c8-7-4(3-14(10,12)13)6(11)2-1-5(7)9/h1-2H,3H2. The number of benzene rings is 1. The third kappa shape index (κ3) is 3.08. The van der Waals surface area contributed by atoms with Crippen LogP contribution in [0.25, 0.3) is 0 Å². The maximum absolute atomic E-state index is 13.1. The fraction of sp³-hybridized carbons (Fsp3) is 0.143. The monoisotopic (exact) mass is 320 g/mol. The molecule has 14 heavy (non-hydrogen) atoms. The summed E-state index contributed by atoms with van der Waals surface area (Å²) >= 11 is 8.65. The molecular weight excluding hydrogens is 318 g/mol. The first-order valence-corrected chi connectivity index (χ1v) is 7.01. The minimum absolute atomic E-state index is 0.0625. The average Bonchev–Trinajstić information content (AvgIpc) is 2.04. The van der Waals surface area contributed by atoms with Crippen molar-refractivity contribution in [1.29, 1.82) is 0 Å². The van der Waals surface area contributed by atoms with Crippen molar-refractivity contribution in [2.24, 2.45) is 0 Å². The van der Waals surface area contributed by atoms with Gasteiger partial charge in [0.1, 0.15) is 5.82 Å². The van der Waals surface area contributed by atoms with Crippen LogP contribution >= 0.6 is 38.2 Å². The van der Waals surface area contributed by atoms with Crippen LogP contribution in [-0.2, 0) is 14.8 Å². The maximum Gasteiger partial charge on any atom is 0.236 e. The molecule has 0 spiro atoms. The minimum Gasteiger partial charge on any atom is -0.212 e. The van der Waals surface area contributed by atoms with Crippen LogP contribution in [-0.4, -0.2) is 8.42 Å². The fourth-order valence-electron chi connectivity index (χ4n) is 0.874. The predicted molar refractivity (Wildman–Crippen MR) is 57.6 cm³/mol. The van der Waals surface area contributed by atoms with Crippen LogP contribution in [0.1, 0.15) is 5.56 Å². The summed E-state index contributed by atoms with van der Waals surface area (Å²) in [6.45, 7) is 0. The quantitative estimate of drug-likeness (QED) is 0.618. The highest BCUT2D eigenvalue weighted by Gasteiger charge is 2.16. The zero-order valence-corrected chi connectivity index (χ0v) is 10.5. The highest BCUT2D eigenvalue weighted by atomic mass is 79.9. The Labute approximate surface area is 98.6 Å². The molecule has 2 nitrogen and oxygen atoms in total. The summed E-state index contributed by atoms with van der Waals surface area (Å²) < 4.78 is 34.9. The maximum atomic E-state index is 13.1. The van der Waals surface area contributed by atoms with Gasteiger partial charge in [-0.25, -0.2) is 12.8 Å². The molecule has 78 valence electrons. The topological polar surface area (TPSA) is 34.1 Å². The molecule has 0 saturated heterocycles. The van der Waals surface area contributed by atoms with Crippen molar-refractivity contribution in [3.63, 3.8) is 0 Å². The second-order valence-corrected chi connectivity index (χ2v) is 6.48. The lowest BCUT2D eigenvalue weighted by Gasteiger charge is -2.05. The first-order chi connectivity index (χ1) is 6.31. The van der Waals surface area contributed by atoms with Gasteiger partial charge < -0.3 is 0 Å². The Morgan fingerprint density at radius 1 is 1.43 bits per heavy atom. The van der Waals surface area contributed by atoms with Crippen LogP contribution in [0.15, 0.2) is 16.6 Å². The molecule has 0 radical (unpaired) electrons. The van der Waals surface area contributed by atoms with E-state index in [0.29, 0.717) is 0 Å². The van der Waals surface area contributed by atoms with Gasteiger partial charge in [-0.15, -0.1) is 0 Å². The third-order valence-corrected chi connectivity index (χ3v) is 3.87. The van der Waals surface area contributed by atoms with E-state index < -0.39 is 20.6 Å². The Bertz CT molecular complexity index is 461. The summed E-state index contributed by atoms with van der Waals surface area (Å²) in [6.07, 6.45) is 0. The van der Waals surface area contributed by atoms with Gasteiger partial charge in [0.15, 0.2) is 0 Å². The molecule has 1 aromatic rings. The molecule has 0 amide bonds. The van der Waals surface area contributed by atoms with Gasteiger partial charge in [-0.1, -0.05) is 11.6 Å². The van der Waals surface area contributed by atoms with Crippen LogP contribution < -0.4 is 0 Å². The highest BCUT2D eigenvalue weighted by Crippen LogP contribution is 2.30. The minimum atomic E-state index is -3.80. The molecule has 0 N–H and O–H groups in total. The Kier molecular flexibility index (Phi) is 3.80. The summed E-state index contributed by atoms with van der Waals surface area (Å²) in [5, 5.41) is 0.238. The summed E-state index contributed by atoms with van der Waals surface area (Å²) in [5.41, 5.74) is -0.0625. The normalized spacial score (nSPS) is 11.7. The fourth-order valence-corrected chi connectivity index (χ4v) is 2.65. The van der Waals surface area contributed by atoms with E-state index in [9.17, 15) is 12.8 Å². The lowest BCUT2D eigenvalue weighted by atomic mass is 10.2. The van der Waals surface area contributed by atoms with Crippen molar-refractivity contribution in [2.75, 3.05) is 0 Å². The van der Waals surface area contributed by atoms with Crippen LogP contribution in [0.5, 0.6) is 0 Å². The third-order valence-electron chi connectivity index (χ3n) is 1.46. The SMILES string of the molecule is O=S(=O)(Cl)Cc1c(F)ccc(Cl)c1Br. The molecule has 1 aromatic carbocycles. The zero-order valence-electron chi connectivity index (χ0n) is 6.60. The zero-order chi connectivity index (χ0) is 10.9. The van der Waals surface area contributed by atoms with E-state index in [-0.39, 0.29) is 15.1 Å². The molecule has 1 rings (SSSR count). The smallest absolute Gasteiger partial charge is 0.212 e. The predicted octanol–water partition coefficient (Wildman–Crippen LogP) is 3.31. The van der Waals surface area contributed by atoms with Crippen molar-refractivity contribution in [3.8, 4) is 0 Å². The van der Waals surface area contributed by atoms with Crippen molar-refractivity contribution < 1.29 is 12.8 Å². The van der Waals surface area contributed by atoms with Gasteiger partial charge in [0, 0.05) is 20.7 Å². The number of halogens is 4. The van der Waals surface area contributed by atoms with Crippen molar-refractivity contribution in [3.05, 3.63) is 33.0 Å². The van der Waals surface area contributed by atoms with Gasteiger partial charge in [0.2, 0.25) is 9.05 Å². The van der Waals surface area contributed by atoms with E-state index >= 15 is 0 Å². The van der Waals surface area contributed by atoms with Crippen LogP contribution in [0.3, 0.4) is 0 Å². The van der Waals surface area contributed by atoms with Gasteiger partial charge in [-0.3, -0.25) is 0 Å². The van der Waals surface area contributed by atoms with E-state index in [1.165, 1.54) is 6.07 Å². The van der Waals surface area contributed by atoms with Crippen molar-refractivity contribution in [2.45, 2.75) is 5.75 Å². The molecular formula is C7H4BrCl2FO2S.